The van der Waals surface area contributed by atoms with Crippen molar-refractivity contribution in [3.63, 3.8) is 0 Å². The molecule has 2 aliphatic heterocycles. The predicted molar refractivity (Wildman–Crippen MR) is 128 cm³/mol. The number of hydrogen-bond donors (Lipinski definition) is 2. The zero-order valence-electron chi connectivity index (χ0n) is 20.3. The van der Waals surface area contributed by atoms with Crippen molar-refractivity contribution in [1.29, 1.82) is 0 Å². The lowest BCUT2D eigenvalue weighted by Gasteiger charge is -2.28. The van der Waals surface area contributed by atoms with Gasteiger partial charge in [-0.25, -0.2) is 0 Å². The maximum Gasteiger partial charge on any atom is 0.251 e. The standard InChI is InChI=1S/C25H32N4O6/c1-25(2,32)16-28-11-10-22(27-28)26-24(31)19(13-17-7-6-12-34-17)29-15-18(14-23(29)30)35-21-9-5-4-8-20(21)33-3/h4-5,8-11,14,17,19,32H,6-7,12-13,15-16H2,1-3H3,(H,26,27,31)/t17-,19?/m0/s1. The molecule has 2 aromatic rings. The Kier molecular flexibility index (Phi) is 7.42. The highest BCUT2D eigenvalue weighted by Gasteiger charge is 2.37. The van der Waals surface area contributed by atoms with Gasteiger partial charge in [-0.1, -0.05) is 12.1 Å². The molecule has 2 atom stereocenters. The summed E-state index contributed by atoms with van der Waals surface area (Å²) in [5.41, 5.74) is -0.943. The molecule has 2 N–H and O–H groups in total. The lowest BCUT2D eigenvalue weighted by atomic mass is 10.0. The van der Waals surface area contributed by atoms with Gasteiger partial charge in [0.15, 0.2) is 17.3 Å². The molecule has 0 saturated carbocycles. The highest BCUT2D eigenvalue weighted by molar-refractivity contribution is 5.99. The molecule has 2 aliphatic rings. The van der Waals surface area contributed by atoms with Crippen LogP contribution in [0.15, 0.2) is 48.4 Å². The fourth-order valence-corrected chi connectivity index (χ4v) is 4.26. The Labute approximate surface area is 204 Å². The van der Waals surface area contributed by atoms with Gasteiger partial charge in [0.1, 0.15) is 11.8 Å². The summed E-state index contributed by atoms with van der Waals surface area (Å²) >= 11 is 0. The molecule has 1 saturated heterocycles. The summed E-state index contributed by atoms with van der Waals surface area (Å²) < 4.78 is 18.6. The Morgan fingerprint density at radius 3 is 2.77 bits per heavy atom. The van der Waals surface area contributed by atoms with Crippen LogP contribution in [0.5, 0.6) is 11.5 Å². The third-order valence-corrected chi connectivity index (χ3v) is 5.83. The van der Waals surface area contributed by atoms with Crippen LogP contribution in [-0.2, 0) is 20.9 Å². The molecule has 1 fully saturated rings. The van der Waals surface area contributed by atoms with Crippen LogP contribution in [-0.4, -0.2) is 69.6 Å². The summed E-state index contributed by atoms with van der Waals surface area (Å²) in [7, 11) is 1.55. The molecule has 35 heavy (non-hydrogen) atoms. The molecule has 4 rings (SSSR count). The van der Waals surface area contributed by atoms with Crippen molar-refractivity contribution in [2.45, 2.75) is 57.4 Å². The normalized spacial score (nSPS) is 19.0. The first-order valence-corrected chi connectivity index (χ1v) is 11.7. The van der Waals surface area contributed by atoms with Crippen molar-refractivity contribution in [3.05, 3.63) is 48.4 Å². The van der Waals surface area contributed by atoms with Crippen molar-refractivity contribution in [2.24, 2.45) is 0 Å². The number of benzene rings is 1. The van der Waals surface area contributed by atoms with Gasteiger partial charge in [0.2, 0.25) is 5.91 Å². The van der Waals surface area contributed by atoms with E-state index in [1.54, 1.807) is 50.0 Å². The van der Waals surface area contributed by atoms with E-state index in [1.807, 2.05) is 12.1 Å². The molecule has 1 unspecified atom stereocenters. The Hall–Kier alpha value is -3.37. The van der Waals surface area contributed by atoms with E-state index < -0.39 is 11.6 Å². The van der Waals surface area contributed by atoms with E-state index in [0.29, 0.717) is 36.1 Å². The second kappa shape index (κ2) is 10.5. The minimum atomic E-state index is -0.943. The average molecular weight is 485 g/mol. The fourth-order valence-electron chi connectivity index (χ4n) is 4.26. The molecule has 1 aromatic heterocycles. The van der Waals surface area contributed by atoms with Gasteiger partial charge in [-0.05, 0) is 38.8 Å². The fraction of sp³-hybridized carbons (Fsp3) is 0.480. The van der Waals surface area contributed by atoms with Gasteiger partial charge in [-0.3, -0.25) is 14.3 Å². The number of anilines is 1. The van der Waals surface area contributed by atoms with Gasteiger partial charge in [0.25, 0.3) is 5.91 Å². The van der Waals surface area contributed by atoms with E-state index in [9.17, 15) is 14.7 Å². The van der Waals surface area contributed by atoms with E-state index in [0.717, 1.165) is 12.8 Å². The average Bonchev–Trinajstić information content (AvgIpc) is 3.54. The minimum Gasteiger partial charge on any atom is -0.493 e. The number of para-hydroxylation sites is 2. The van der Waals surface area contributed by atoms with Crippen molar-refractivity contribution in [2.75, 3.05) is 25.6 Å². The predicted octanol–water partition coefficient (Wildman–Crippen LogP) is 2.34. The second-order valence-corrected chi connectivity index (χ2v) is 9.42. The van der Waals surface area contributed by atoms with Gasteiger partial charge in [-0.15, -0.1) is 0 Å². The monoisotopic (exact) mass is 484 g/mol. The van der Waals surface area contributed by atoms with Crippen LogP contribution in [0.2, 0.25) is 0 Å². The first-order chi connectivity index (χ1) is 16.7. The molecule has 10 nitrogen and oxygen atoms in total. The van der Waals surface area contributed by atoms with Crippen LogP contribution >= 0.6 is 0 Å². The number of aliphatic hydroxyl groups is 1. The van der Waals surface area contributed by atoms with E-state index >= 15 is 0 Å². The summed E-state index contributed by atoms with van der Waals surface area (Å²) in [5, 5.41) is 17.2. The van der Waals surface area contributed by atoms with Crippen molar-refractivity contribution in [3.8, 4) is 11.5 Å². The number of methoxy groups -OCH3 is 1. The Bertz CT molecular complexity index is 1080. The zero-order chi connectivity index (χ0) is 25.0. The van der Waals surface area contributed by atoms with E-state index in [4.69, 9.17) is 14.2 Å². The van der Waals surface area contributed by atoms with Crippen LogP contribution in [0.3, 0.4) is 0 Å². The third kappa shape index (κ3) is 6.40. The third-order valence-electron chi connectivity index (χ3n) is 5.83. The van der Waals surface area contributed by atoms with Crippen LogP contribution in [0.4, 0.5) is 5.82 Å². The number of amides is 2. The number of nitrogens with one attached hydrogen (secondary N) is 1. The number of carbonyl (C=O) groups is 2. The number of aromatic nitrogens is 2. The van der Waals surface area contributed by atoms with Gasteiger partial charge >= 0.3 is 0 Å². The maximum absolute atomic E-state index is 13.3. The summed E-state index contributed by atoms with van der Waals surface area (Å²) in [5.74, 6) is 1.17. The minimum absolute atomic E-state index is 0.106. The number of rotatable bonds is 10. The van der Waals surface area contributed by atoms with E-state index in [-0.39, 0.29) is 31.0 Å². The number of hydrogen-bond acceptors (Lipinski definition) is 7. The quantitative estimate of drug-likeness (QED) is 0.532. The number of carbonyl (C=O) groups excluding carboxylic acids is 2. The second-order valence-electron chi connectivity index (χ2n) is 9.42. The SMILES string of the molecule is COc1ccccc1OC1=CC(=O)N(C(C[C@@H]2CCCO2)C(=O)Nc2ccn(CC(C)(C)O)n2)C1. The van der Waals surface area contributed by atoms with Crippen LogP contribution in [0.25, 0.3) is 0 Å². The summed E-state index contributed by atoms with van der Waals surface area (Å²) in [4.78, 5) is 27.8. The van der Waals surface area contributed by atoms with Crippen molar-refractivity contribution >= 4 is 17.6 Å². The molecule has 10 heteroatoms. The van der Waals surface area contributed by atoms with Crippen molar-refractivity contribution in [1.82, 2.24) is 14.7 Å². The molecule has 0 bridgehead atoms. The smallest absolute Gasteiger partial charge is 0.251 e. The number of ether oxygens (including phenoxy) is 3. The molecule has 0 radical (unpaired) electrons. The molecule has 1 aromatic carbocycles. The van der Waals surface area contributed by atoms with Gasteiger partial charge < -0.3 is 29.5 Å². The molecule has 0 spiro atoms. The molecule has 2 amide bonds. The van der Waals surface area contributed by atoms with E-state index in [1.165, 1.54) is 11.0 Å². The molecule has 0 aliphatic carbocycles. The maximum atomic E-state index is 13.3. The Morgan fingerprint density at radius 1 is 1.31 bits per heavy atom. The molecule has 188 valence electrons. The summed E-state index contributed by atoms with van der Waals surface area (Å²) in [6, 6.07) is 8.07. The number of nitrogens with zero attached hydrogens (tertiary/aromatic N) is 3. The van der Waals surface area contributed by atoms with Crippen LogP contribution in [0.1, 0.15) is 33.1 Å². The summed E-state index contributed by atoms with van der Waals surface area (Å²) in [6.07, 6.45) is 5.12. The topological polar surface area (TPSA) is 115 Å². The lowest BCUT2D eigenvalue weighted by Crippen LogP contribution is -2.47. The van der Waals surface area contributed by atoms with Gasteiger partial charge in [0.05, 0.1) is 31.9 Å². The van der Waals surface area contributed by atoms with E-state index in [2.05, 4.69) is 10.4 Å². The molecule has 3 heterocycles. The summed E-state index contributed by atoms with van der Waals surface area (Å²) in [6.45, 7) is 4.44. The van der Waals surface area contributed by atoms with Crippen LogP contribution < -0.4 is 14.8 Å². The Morgan fingerprint density at radius 2 is 2.09 bits per heavy atom. The first kappa shape index (κ1) is 24.7. The highest BCUT2D eigenvalue weighted by atomic mass is 16.5. The molecular formula is C25H32N4O6. The van der Waals surface area contributed by atoms with Gasteiger partial charge in [0, 0.05) is 31.4 Å². The zero-order valence-corrected chi connectivity index (χ0v) is 20.3. The highest BCUT2D eigenvalue weighted by Crippen LogP contribution is 2.30. The largest absolute Gasteiger partial charge is 0.493 e. The van der Waals surface area contributed by atoms with Crippen molar-refractivity contribution < 1.29 is 28.9 Å². The molecular weight excluding hydrogens is 452 g/mol. The Balaban J connectivity index is 1.47. The van der Waals surface area contributed by atoms with Gasteiger partial charge in [-0.2, -0.15) is 5.10 Å². The lowest BCUT2D eigenvalue weighted by molar-refractivity contribution is -0.134. The van der Waals surface area contributed by atoms with Crippen LogP contribution in [0, 0.1) is 0 Å². The first-order valence-electron chi connectivity index (χ1n) is 11.7.